The third-order valence-corrected chi connectivity index (χ3v) is 4.61. The van der Waals surface area contributed by atoms with Gasteiger partial charge in [0.2, 0.25) is 5.91 Å². The van der Waals surface area contributed by atoms with E-state index in [1.807, 2.05) is 17.0 Å². The molecule has 5 heteroatoms. The fourth-order valence-electron chi connectivity index (χ4n) is 2.87. The highest BCUT2D eigenvalue weighted by atomic mass is 79.9. The van der Waals surface area contributed by atoms with Gasteiger partial charge in [0.05, 0.1) is 0 Å². The molecule has 1 aromatic carbocycles. The van der Waals surface area contributed by atoms with Crippen LogP contribution in [-0.2, 0) is 4.79 Å². The normalized spacial score (nSPS) is 16.3. The SMILES string of the molecule is CC(C)C[C@H](NC(=O)c1ccc(Br)cc1)C(=O)N1CCCCC1. The maximum atomic E-state index is 12.8. The molecule has 1 aliphatic rings. The third kappa shape index (κ3) is 5.34. The summed E-state index contributed by atoms with van der Waals surface area (Å²) in [5.41, 5.74) is 0.577. The van der Waals surface area contributed by atoms with Gasteiger partial charge in [0, 0.05) is 23.1 Å². The molecule has 1 saturated heterocycles. The quantitative estimate of drug-likeness (QED) is 0.847. The molecule has 0 radical (unpaired) electrons. The Balaban J connectivity index is 2.06. The number of nitrogens with zero attached hydrogens (tertiary/aromatic N) is 1. The van der Waals surface area contributed by atoms with E-state index in [9.17, 15) is 9.59 Å². The van der Waals surface area contributed by atoms with Gasteiger partial charge in [-0.05, 0) is 55.9 Å². The maximum Gasteiger partial charge on any atom is 0.251 e. The van der Waals surface area contributed by atoms with E-state index < -0.39 is 6.04 Å². The summed E-state index contributed by atoms with van der Waals surface area (Å²) in [7, 11) is 0. The summed E-state index contributed by atoms with van der Waals surface area (Å²) in [6, 6.07) is 6.75. The second-order valence-electron chi connectivity index (χ2n) is 6.55. The Kier molecular flexibility index (Phi) is 6.63. The summed E-state index contributed by atoms with van der Waals surface area (Å²) >= 11 is 3.36. The van der Waals surface area contributed by atoms with Crippen LogP contribution in [-0.4, -0.2) is 35.8 Å². The van der Waals surface area contributed by atoms with Gasteiger partial charge >= 0.3 is 0 Å². The second kappa shape index (κ2) is 8.48. The molecule has 0 aliphatic carbocycles. The first-order chi connectivity index (χ1) is 11.0. The van der Waals surface area contributed by atoms with E-state index in [1.165, 1.54) is 6.42 Å². The van der Waals surface area contributed by atoms with Crippen LogP contribution >= 0.6 is 15.9 Å². The number of likely N-dealkylation sites (tertiary alicyclic amines) is 1. The van der Waals surface area contributed by atoms with Gasteiger partial charge in [0.25, 0.3) is 5.91 Å². The van der Waals surface area contributed by atoms with Crippen LogP contribution < -0.4 is 5.32 Å². The summed E-state index contributed by atoms with van der Waals surface area (Å²) < 4.78 is 0.928. The Bertz CT molecular complexity index is 536. The van der Waals surface area contributed by atoms with Crippen LogP contribution in [0.25, 0.3) is 0 Å². The van der Waals surface area contributed by atoms with Crippen molar-refractivity contribution < 1.29 is 9.59 Å². The van der Waals surface area contributed by atoms with Crippen molar-refractivity contribution in [2.45, 2.75) is 45.6 Å². The Morgan fingerprint density at radius 1 is 1.13 bits per heavy atom. The van der Waals surface area contributed by atoms with Crippen LogP contribution in [0, 0.1) is 5.92 Å². The Morgan fingerprint density at radius 3 is 2.30 bits per heavy atom. The molecule has 0 aromatic heterocycles. The second-order valence-corrected chi connectivity index (χ2v) is 7.46. The van der Waals surface area contributed by atoms with Crippen LogP contribution in [0.3, 0.4) is 0 Å². The number of halogens is 1. The van der Waals surface area contributed by atoms with E-state index in [2.05, 4.69) is 35.1 Å². The lowest BCUT2D eigenvalue weighted by molar-refractivity contribution is -0.134. The molecule has 1 aromatic rings. The van der Waals surface area contributed by atoms with E-state index in [1.54, 1.807) is 12.1 Å². The number of hydrogen-bond acceptors (Lipinski definition) is 2. The van der Waals surface area contributed by atoms with E-state index in [-0.39, 0.29) is 11.8 Å². The largest absolute Gasteiger partial charge is 0.341 e. The van der Waals surface area contributed by atoms with Crippen LogP contribution in [0.15, 0.2) is 28.7 Å². The monoisotopic (exact) mass is 380 g/mol. The van der Waals surface area contributed by atoms with Crippen molar-refractivity contribution in [3.8, 4) is 0 Å². The topological polar surface area (TPSA) is 49.4 Å². The number of nitrogens with one attached hydrogen (secondary N) is 1. The number of carbonyl (C=O) groups excluding carboxylic acids is 2. The highest BCUT2D eigenvalue weighted by Gasteiger charge is 2.27. The van der Waals surface area contributed by atoms with Crippen molar-refractivity contribution >= 4 is 27.7 Å². The van der Waals surface area contributed by atoms with E-state index in [0.29, 0.717) is 17.9 Å². The minimum atomic E-state index is -0.441. The zero-order chi connectivity index (χ0) is 16.8. The number of carbonyl (C=O) groups is 2. The number of rotatable bonds is 5. The van der Waals surface area contributed by atoms with Crippen molar-refractivity contribution in [2.24, 2.45) is 5.92 Å². The summed E-state index contributed by atoms with van der Waals surface area (Å²) in [6.45, 7) is 5.76. The molecule has 126 valence electrons. The highest BCUT2D eigenvalue weighted by molar-refractivity contribution is 9.10. The van der Waals surface area contributed by atoms with E-state index in [0.717, 1.165) is 30.4 Å². The summed E-state index contributed by atoms with van der Waals surface area (Å²) in [5.74, 6) is 0.219. The number of amides is 2. The summed E-state index contributed by atoms with van der Waals surface area (Å²) in [5, 5.41) is 2.94. The molecule has 0 bridgehead atoms. The van der Waals surface area contributed by atoms with Gasteiger partial charge in [0.15, 0.2) is 0 Å². The van der Waals surface area contributed by atoms with Gasteiger partial charge in [-0.3, -0.25) is 9.59 Å². The standard InChI is InChI=1S/C18H25BrN2O2/c1-13(2)12-16(18(23)21-10-4-3-5-11-21)20-17(22)14-6-8-15(19)9-7-14/h6-9,13,16H,3-5,10-12H2,1-2H3,(H,20,22)/t16-/m0/s1. The van der Waals surface area contributed by atoms with Crippen LogP contribution in [0.2, 0.25) is 0 Å². The zero-order valence-electron chi connectivity index (χ0n) is 13.8. The summed E-state index contributed by atoms with van der Waals surface area (Å²) in [6.07, 6.45) is 3.96. The van der Waals surface area contributed by atoms with Gasteiger partial charge in [0.1, 0.15) is 6.04 Å². The lowest BCUT2D eigenvalue weighted by Gasteiger charge is -2.31. The van der Waals surface area contributed by atoms with Crippen molar-refractivity contribution in [3.63, 3.8) is 0 Å². The lowest BCUT2D eigenvalue weighted by Crippen LogP contribution is -2.50. The molecule has 1 N–H and O–H groups in total. The average Bonchev–Trinajstić information content (AvgIpc) is 2.54. The maximum absolute atomic E-state index is 12.8. The van der Waals surface area contributed by atoms with Crippen LogP contribution in [0.4, 0.5) is 0 Å². The van der Waals surface area contributed by atoms with Gasteiger partial charge in [-0.25, -0.2) is 0 Å². The van der Waals surface area contributed by atoms with Gasteiger partial charge in [-0.2, -0.15) is 0 Å². The number of piperidine rings is 1. The zero-order valence-corrected chi connectivity index (χ0v) is 15.4. The predicted molar refractivity (Wildman–Crippen MR) is 95.3 cm³/mol. The van der Waals surface area contributed by atoms with E-state index >= 15 is 0 Å². The molecular weight excluding hydrogens is 356 g/mol. The molecule has 2 amide bonds. The van der Waals surface area contributed by atoms with Crippen LogP contribution in [0.5, 0.6) is 0 Å². The minimum Gasteiger partial charge on any atom is -0.341 e. The van der Waals surface area contributed by atoms with Crippen molar-refractivity contribution in [1.82, 2.24) is 10.2 Å². The molecule has 0 unspecified atom stereocenters. The van der Waals surface area contributed by atoms with Crippen molar-refractivity contribution in [1.29, 1.82) is 0 Å². The number of benzene rings is 1. The molecule has 1 fully saturated rings. The van der Waals surface area contributed by atoms with Gasteiger partial charge in [-0.1, -0.05) is 29.8 Å². The average molecular weight is 381 g/mol. The fourth-order valence-corrected chi connectivity index (χ4v) is 3.13. The smallest absolute Gasteiger partial charge is 0.251 e. The number of hydrogen-bond donors (Lipinski definition) is 1. The Morgan fingerprint density at radius 2 is 1.74 bits per heavy atom. The first-order valence-electron chi connectivity index (χ1n) is 8.32. The van der Waals surface area contributed by atoms with Gasteiger partial charge in [-0.15, -0.1) is 0 Å². The van der Waals surface area contributed by atoms with Crippen molar-refractivity contribution in [2.75, 3.05) is 13.1 Å². The summed E-state index contributed by atoms with van der Waals surface area (Å²) in [4.78, 5) is 27.1. The van der Waals surface area contributed by atoms with Gasteiger partial charge < -0.3 is 10.2 Å². The first-order valence-corrected chi connectivity index (χ1v) is 9.12. The Hall–Kier alpha value is -1.36. The molecule has 23 heavy (non-hydrogen) atoms. The molecule has 1 atom stereocenters. The molecule has 0 spiro atoms. The molecule has 2 rings (SSSR count). The first kappa shape index (κ1) is 18.0. The van der Waals surface area contributed by atoms with Crippen LogP contribution in [0.1, 0.15) is 49.9 Å². The third-order valence-electron chi connectivity index (χ3n) is 4.08. The highest BCUT2D eigenvalue weighted by Crippen LogP contribution is 2.15. The molecule has 4 nitrogen and oxygen atoms in total. The Labute approximate surface area is 146 Å². The fraction of sp³-hybridized carbons (Fsp3) is 0.556. The molecule has 1 aliphatic heterocycles. The minimum absolute atomic E-state index is 0.0591. The predicted octanol–water partition coefficient (Wildman–Crippen LogP) is 3.61. The van der Waals surface area contributed by atoms with E-state index in [4.69, 9.17) is 0 Å². The lowest BCUT2D eigenvalue weighted by atomic mass is 10.0. The molecule has 1 heterocycles. The molecular formula is C18H25BrN2O2. The van der Waals surface area contributed by atoms with Crippen molar-refractivity contribution in [3.05, 3.63) is 34.3 Å². The molecule has 0 saturated carbocycles.